The van der Waals surface area contributed by atoms with Gasteiger partial charge in [-0.25, -0.2) is 4.79 Å². The zero-order chi connectivity index (χ0) is 20.0. The number of likely N-dealkylation sites (tertiary alicyclic amines) is 1. The number of rotatable bonds is 4. The van der Waals surface area contributed by atoms with E-state index >= 15 is 0 Å². The van der Waals surface area contributed by atoms with Gasteiger partial charge in [0.15, 0.2) is 0 Å². The molecule has 1 aromatic carbocycles. The van der Waals surface area contributed by atoms with Crippen molar-refractivity contribution in [2.24, 2.45) is 0 Å². The average molecular weight is 375 g/mol. The second kappa shape index (κ2) is 8.66. The van der Waals surface area contributed by atoms with Crippen molar-refractivity contribution in [3.63, 3.8) is 0 Å². The van der Waals surface area contributed by atoms with E-state index in [0.717, 1.165) is 0 Å². The third-order valence-electron chi connectivity index (χ3n) is 4.07. The van der Waals surface area contributed by atoms with Crippen molar-refractivity contribution in [2.45, 2.75) is 45.3 Å². The highest BCUT2D eigenvalue weighted by molar-refractivity contribution is 5.92. The van der Waals surface area contributed by atoms with E-state index in [4.69, 9.17) is 4.74 Å². The summed E-state index contributed by atoms with van der Waals surface area (Å²) in [7, 11) is 0. The summed E-state index contributed by atoms with van der Waals surface area (Å²) >= 11 is 0. The van der Waals surface area contributed by atoms with Gasteiger partial charge in [0.05, 0.1) is 10.5 Å². The molecule has 0 atom stereocenters. The maximum Gasteiger partial charge on any atom is 0.407 e. The van der Waals surface area contributed by atoms with Crippen molar-refractivity contribution in [1.82, 2.24) is 10.2 Å². The van der Waals surface area contributed by atoms with E-state index in [1.807, 2.05) is 0 Å². The number of nitro benzene ring substituents is 1. The molecule has 1 aliphatic heterocycles. The summed E-state index contributed by atoms with van der Waals surface area (Å²) in [5.41, 5.74) is -0.204. The van der Waals surface area contributed by atoms with Crippen molar-refractivity contribution in [2.75, 3.05) is 13.1 Å². The van der Waals surface area contributed by atoms with Crippen LogP contribution in [0.2, 0.25) is 0 Å². The lowest BCUT2D eigenvalue weighted by molar-refractivity contribution is -0.385. The first-order chi connectivity index (χ1) is 12.7. The Morgan fingerprint density at radius 3 is 2.48 bits per heavy atom. The van der Waals surface area contributed by atoms with E-state index in [1.165, 1.54) is 18.2 Å². The van der Waals surface area contributed by atoms with Gasteiger partial charge in [-0.1, -0.05) is 12.1 Å². The molecule has 8 heteroatoms. The molecule has 0 radical (unpaired) electrons. The molecule has 1 fully saturated rings. The summed E-state index contributed by atoms with van der Waals surface area (Å²) in [4.78, 5) is 36.3. The van der Waals surface area contributed by atoms with Crippen LogP contribution in [0, 0.1) is 10.1 Å². The molecular formula is C19H25N3O5. The Morgan fingerprint density at radius 2 is 1.89 bits per heavy atom. The number of hydrogen-bond acceptors (Lipinski definition) is 5. The number of nitrogens with zero attached hydrogens (tertiary/aromatic N) is 2. The van der Waals surface area contributed by atoms with Gasteiger partial charge in [-0.05, 0) is 45.8 Å². The van der Waals surface area contributed by atoms with Gasteiger partial charge in [0.25, 0.3) is 5.69 Å². The highest BCUT2D eigenvalue weighted by Crippen LogP contribution is 2.19. The summed E-state index contributed by atoms with van der Waals surface area (Å²) in [6, 6.07) is 6.23. The van der Waals surface area contributed by atoms with Gasteiger partial charge in [0.1, 0.15) is 5.60 Å². The molecule has 1 heterocycles. The van der Waals surface area contributed by atoms with E-state index in [9.17, 15) is 19.7 Å². The fraction of sp³-hybridized carbons (Fsp3) is 0.474. The number of piperidine rings is 1. The Kier molecular flexibility index (Phi) is 6.55. The number of amides is 2. The van der Waals surface area contributed by atoms with Gasteiger partial charge in [0, 0.05) is 31.3 Å². The van der Waals surface area contributed by atoms with Gasteiger partial charge >= 0.3 is 6.09 Å². The molecule has 2 amide bonds. The predicted molar refractivity (Wildman–Crippen MR) is 101 cm³/mol. The molecule has 0 saturated carbocycles. The number of nitrogens with one attached hydrogen (secondary N) is 1. The maximum absolute atomic E-state index is 12.3. The summed E-state index contributed by atoms with van der Waals surface area (Å²) in [5.74, 6) is -0.205. The Hall–Kier alpha value is -2.90. The molecular weight excluding hydrogens is 350 g/mol. The molecule has 1 saturated heterocycles. The number of benzene rings is 1. The molecule has 1 aromatic rings. The SMILES string of the molecule is CC(C)(C)OC(=O)NC1CCN(C(=O)/C=C\c2ccccc2[N+](=O)[O-])CC1. The molecule has 1 aliphatic rings. The van der Waals surface area contributed by atoms with Crippen LogP contribution in [-0.2, 0) is 9.53 Å². The molecule has 1 N–H and O–H groups in total. The van der Waals surface area contributed by atoms with Crippen LogP contribution in [0.25, 0.3) is 6.08 Å². The normalized spacial score (nSPS) is 15.6. The largest absolute Gasteiger partial charge is 0.444 e. The van der Waals surface area contributed by atoms with Crippen molar-refractivity contribution >= 4 is 23.8 Å². The highest BCUT2D eigenvalue weighted by atomic mass is 16.6. The van der Waals surface area contributed by atoms with Gasteiger partial charge in [-0.2, -0.15) is 0 Å². The monoisotopic (exact) mass is 375 g/mol. The summed E-state index contributed by atoms with van der Waals surface area (Å²) < 4.78 is 5.24. The smallest absolute Gasteiger partial charge is 0.407 e. The van der Waals surface area contributed by atoms with E-state index < -0.39 is 16.6 Å². The summed E-state index contributed by atoms with van der Waals surface area (Å²) in [6.45, 7) is 6.41. The lowest BCUT2D eigenvalue weighted by atomic mass is 10.0. The molecule has 146 valence electrons. The lowest BCUT2D eigenvalue weighted by Gasteiger charge is -2.32. The van der Waals surface area contributed by atoms with E-state index in [1.54, 1.807) is 43.9 Å². The van der Waals surface area contributed by atoms with Crippen LogP contribution in [0.5, 0.6) is 0 Å². The van der Waals surface area contributed by atoms with Crippen LogP contribution in [-0.4, -0.2) is 46.6 Å². The molecule has 0 aliphatic carbocycles. The molecule has 8 nitrogen and oxygen atoms in total. The third-order valence-corrected chi connectivity index (χ3v) is 4.07. The van der Waals surface area contributed by atoms with Crippen LogP contribution < -0.4 is 5.32 Å². The van der Waals surface area contributed by atoms with Gasteiger partial charge < -0.3 is 15.0 Å². The molecule has 0 aromatic heterocycles. The summed E-state index contributed by atoms with van der Waals surface area (Å²) in [6.07, 6.45) is 3.62. The zero-order valence-corrected chi connectivity index (χ0v) is 15.8. The molecule has 0 spiro atoms. The lowest BCUT2D eigenvalue weighted by Crippen LogP contribution is -2.47. The first-order valence-electron chi connectivity index (χ1n) is 8.85. The number of carbonyl (C=O) groups excluding carboxylic acids is 2. The Labute approximate surface area is 158 Å². The second-order valence-electron chi connectivity index (χ2n) is 7.40. The van der Waals surface area contributed by atoms with Gasteiger partial charge in [-0.3, -0.25) is 14.9 Å². The van der Waals surface area contributed by atoms with Crippen LogP contribution in [0.1, 0.15) is 39.2 Å². The third kappa shape index (κ3) is 6.40. The van der Waals surface area contributed by atoms with Crippen LogP contribution in [0.15, 0.2) is 30.3 Å². The number of ether oxygens (including phenoxy) is 1. The first-order valence-corrected chi connectivity index (χ1v) is 8.85. The van der Waals surface area contributed by atoms with E-state index in [2.05, 4.69) is 5.32 Å². The fourth-order valence-corrected chi connectivity index (χ4v) is 2.78. The maximum atomic E-state index is 12.3. The first kappa shape index (κ1) is 20.4. The molecule has 2 rings (SSSR count). The quantitative estimate of drug-likeness (QED) is 0.495. The Balaban J connectivity index is 1.87. The van der Waals surface area contributed by atoms with Crippen LogP contribution in [0.4, 0.5) is 10.5 Å². The highest BCUT2D eigenvalue weighted by Gasteiger charge is 2.25. The van der Waals surface area contributed by atoms with Crippen LogP contribution >= 0.6 is 0 Å². The van der Waals surface area contributed by atoms with Crippen molar-refractivity contribution < 1.29 is 19.2 Å². The second-order valence-corrected chi connectivity index (χ2v) is 7.40. The Bertz CT molecular complexity index is 731. The van der Waals surface area contributed by atoms with E-state index in [0.29, 0.717) is 31.5 Å². The minimum absolute atomic E-state index is 0.0388. The van der Waals surface area contributed by atoms with Crippen molar-refractivity contribution in [3.8, 4) is 0 Å². The molecule has 27 heavy (non-hydrogen) atoms. The fourth-order valence-electron chi connectivity index (χ4n) is 2.78. The zero-order valence-electron chi connectivity index (χ0n) is 15.8. The molecule has 0 unspecified atom stereocenters. The summed E-state index contributed by atoms with van der Waals surface area (Å²) in [5, 5.41) is 13.8. The van der Waals surface area contributed by atoms with Gasteiger partial charge in [-0.15, -0.1) is 0 Å². The minimum Gasteiger partial charge on any atom is -0.444 e. The number of para-hydroxylation sites is 1. The van der Waals surface area contributed by atoms with Crippen molar-refractivity contribution in [1.29, 1.82) is 0 Å². The number of carbonyl (C=O) groups is 2. The molecule has 0 bridgehead atoms. The number of hydrogen-bond donors (Lipinski definition) is 1. The van der Waals surface area contributed by atoms with Gasteiger partial charge in [0.2, 0.25) is 5.91 Å². The minimum atomic E-state index is -0.550. The Morgan fingerprint density at radius 1 is 1.26 bits per heavy atom. The number of nitro groups is 1. The standard InChI is InChI=1S/C19H25N3O5/c1-19(2,3)27-18(24)20-15-10-12-21(13-11-15)17(23)9-8-14-6-4-5-7-16(14)22(25)26/h4-9,15H,10-13H2,1-3H3,(H,20,24)/b9-8-. The topological polar surface area (TPSA) is 102 Å². The number of alkyl carbamates (subject to hydrolysis) is 1. The average Bonchev–Trinajstić information content (AvgIpc) is 2.58. The van der Waals surface area contributed by atoms with E-state index in [-0.39, 0.29) is 17.6 Å². The van der Waals surface area contributed by atoms with Crippen LogP contribution in [0.3, 0.4) is 0 Å². The predicted octanol–water partition coefficient (Wildman–Crippen LogP) is 3.12. The van der Waals surface area contributed by atoms with Crippen molar-refractivity contribution in [3.05, 3.63) is 46.0 Å².